The van der Waals surface area contributed by atoms with E-state index in [2.05, 4.69) is 0 Å². The molecule has 2 N–H and O–H groups in total. The molecule has 0 spiro atoms. The molecule has 1 rings (SSSR count). The van der Waals surface area contributed by atoms with E-state index in [1.165, 1.54) is 4.90 Å². The number of rotatable bonds is 4. The molecule has 3 nitrogen and oxygen atoms in total. The van der Waals surface area contributed by atoms with Gasteiger partial charge in [0.15, 0.2) is 0 Å². The van der Waals surface area contributed by atoms with Gasteiger partial charge in [-0.25, -0.2) is 0 Å². The number of nitrogens with two attached hydrogens (primary N) is 1. The summed E-state index contributed by atoms with van der Waals surface area (Å²) in [5.41, 5.74) is 4.75. The first kappa shape index (κ1) is 16.3. The molecule has 1 aromatic rings. The van der Waals surface area contributed by atoms with E-state index in [0.717, 1.165) is 24.6 Å². The van der Waals surface area contributed by atoms with Gasteiger partial charge in [0.1, 0.15) is 0 Å². The Kier molecular flexibility index (Phi) is 5.03. The molecule has 0 aromatic heterocycles. The fourth-order valence-corrected chi connectivity index (χ4v) is 1.91. The van der Waals surface area contributed by atoms with E-state index < -0.39 is 17.6 Å². The zero-order valence-corrected chi connectivity index (χ0v) is 11.8. The first-order valence-electron chi connectivity index (χ1n) is 6.46. The standard InChI is InChI=1S/C14H19F3N2O/c1-4-7-19(9(2)3)13(20)11-8-10(14(15,16)17)5-6-12(11)18/h5-6,8-9H,4,7,18H2,1-3H3. The van der Waals surface area contributed by atoms with E-state index >= 15 is 0 Å². The van der Waals surface area contributed by atoms with Crippen LogP contribution in [0, 0.1) is 0 Å². The zero-order valence-electron chi connectivity index (χ0n) is 11.8. The fraction of sp³-hybridized carbons (Fsp3) is 0.500. The predicted octanol–water partition coefficient (Wildman–Crippen LogP) is 3.55. The monoisotopic (exact) mass is 288 g/mol. The molecule has 0 heterocycles. The molecule has 0 bridgehead atoms. The number of hydrogen-bond acceptors (Lipinski definition) is 2. The molecule has 6 heteroatoms. The second-order valence-electron chi connectivity index (χ2n) is 4.89. The van der Waals surface area contributed by atoms with E-state index in [0.29, 0.717) is 6.54 Å². The van der Waals surface area contributed by atoms with Crippen molar-refractivity contribution in [3.8, 4) is 0 Å². The van der Waals surface area contributed by atoms with Crippen LogP contribution in [0.4, 0.5) is 18.9 Å². The number of nitrogen functional groups attached to an aromatic ring is 1. The van der Waals surface area contributed by atoms with Crippen LogP contribution in [0.5, 0.6) is 0 Å². The predicted molar refractivity (Wildman–Crippen MR) is 72.3 cm³/mol. The summed E-state index contributed by atoms with van der Waals surface area (Å²) in [6.07, 6.45) is -3.76. The third-order valence-electron chi connectivity index (χ3n) is 2.96. The lowest BCUT2D eigenvalue weighted by Gasteiger charge is -2.27. The van der Waals surface area contributed by atoms with Crippen molar-refractivity contribution in [1.29, 1.82) is 0 Å². The third kappa shape index (κ3) is 3.65. The van der Waals surface area contributed by atoms with E-state index in [-0.39, 0.29) is 17.3 Å². The van der Waals surface area contributed by atoms with Crippen LogP contribution in [0.3, 0.4) is 0 Å². The summed E-state index contributed by atoms with van der Waals surface area (Å²) >= 11 is 0. The number of carbonyl (C=O) groups is 1. The Morgan fingerprint density at radius 3 is 2.40 bits per heavy atom. The molecule has 0 atom stereocenters. The van der Waals surface area contributed by atoms with Gasteiger partial charge in [0.05, 0.1) is 11.1 Å². The first-order chi connectivity index (χ1) is 9.18. The fourth-order valence-electron chi connectivity index (χ4n) is 1.91. The highest BCUT2D eigenvalue weighted by Crippen LogP contribution is 2.31. The van der Waals surface area contributed by atoms with Crippen LogP contribution in [-0.4, -0.2) is 23.4 Å². The minimum Gasteiger partial charge on any atom is -0.398 e. The number of anilines is 1. The molecule has 0 unspecified atom stereocenters. The Morgan fingerprint density at radius 2 is 1.95 bits per heavy atom. The Bertz CT molecular complexity index is 484. The van der Waals surface area contributed by atoms with Gasteiger partial charge in [-0.3, -0.25) is 4.79 Å². The summed E-state index contributed by atoms with van der Waals surface area (Å²) in [6.45, 7) is 6.01. The van der Waals surface area contributed by atoms with E-state index in [9.17, 15) is 18.0 Å². The van der Waals surface area contributed by atoms with Gasteiger partial charge >= 0.3 is 6.18 Å². The lowest BCUT2D eigenvalue weighted by Crippen LogP contribution is -2.38. The molecule has 0 saturated carbocycles. The normalized spacial score (nSPS) is 11.8. The molecule has 20 heavy (non-hydrogen) atoms. The maximum Gasteiger partial charge on any atom is 0.416 e. The second kappa shape index (κ2) is 6.15. The van der Waals surface area contributed by atoms with Crippen molar-refractivity contribution in [2.45, 2.75) is 39.4 Å². The van der Waals surface area contributed by atoms with Gasteiger partial charge in [-0.05, 0) is 38.5 Å². The van der Waals surface area contributed by atoms with Gasteiger partial charge in [0.25, 0.3) is 5.91 Å². The summed E-state index contributed by atoms with van der Waals surface area (Å²) < 4.78 is 38.1. The molecule has 1 amide bonds. The second-order valence-corrected chi connectivity index (χ2v) is 4.89. The van der Waals surface area contributed by atoms with Crippen LogP contribution >= 0.6 is 0 Å². The van der Waals surface area contributed by atoms with Crippen LogP contribution in [-0.2, 0) is 6.18 Å². The number of benzene rings is 1. The van der Waals surface area contributed by atoms with Gasteiger partial charge in [-0.15, -0.1) is 0 Å². The van der Waals surface area contributed by atoms with Crippen LogP contribution < -0.4 is 5.73 Å². The van der Waals surface area contributed by atoms with Crippen molar-refractivity contribution in [3.63, 3.8) is 0 Å². The summed E-state index contributed by atoms with van der Waals surface area (Å²) in [7, 11) is 0. The van der Waals surface area contributed by atoms with Gasteiger partial charge in [-0.1, -0.05) is 6.92 Å². The maximum atomic E-state index is 12.7. The Labute approximate surface area is 116 Å². The van der Waals surface area contributed by atoms with Crippen molar-refractivity contribution >= 4 is 11.6 Å². The lowest BCUT2D eigenvalue weighted by atomic mass is 10.1. The Balaban J connectivity index is 3.20. The van der Waals surface area contributed by atoms with Crippen LogP contribution in [0.2, 0.25) is 0 Å². The zero-order chi connectivity index (χ0) is 15.5. The van der Waals surface area contributed by atoms with Crippen LogP contribution in [0.15, 0.2) is 18.2 Å². The molecule has 112 valence electrons. The molecule has 0 aliphatic rings. The summed E-state index contributed by atoms with van der Waals surface area (Å²) in [6, 6.07) is 2.73. The highest BCUT2D eigenvalue weighted by Gasteiger charge is 2.32. The highest BCUT2D eigenvalue weighted by atomic mass is 19.4. The average molecular weight is 288 g/mol. The van der Waals surface area contributed by atoms with Gasteiger partial charge < -0.3 is 10.6 Å². The molecule has 0 aliphatic heterocycles. The topological polar surface area (TPSA) is 46.3 Å². The van der Waals surface area contributed by atoms with Gasteiger partial charge in [0.2, 0.25) is 0 Å². The third-order valence-corrected chi connectivity index (χ3v) is 2.96. The SMILES string of the molecule is CCCN(C(=O)c1cc(C(F)(F)F)ccc1N)C(C)C. The van der Waals surface area contributed by atoms with Crippen molar-refractivity contribution in [1.82, 2.24) is 4.90 Å². The van der Waals surface area contributed by atoms with Gasteiger partial charge in [-0.2, -0.15) is 13.2 Å². The number of alkyl halides is 3. The minimum atomic E-state index is -4.49. The molecule has 1 aromatic carbocycles. The van der Waals surface area contributed by atoms with Crippen LogP contribution in [0.1, 0.15) is 43.1 Å². The Morgan fingerprint density at radius 1 is 1.35 bits per heavy atom. The van der Waals surface area contributed by atoms with Crippen molar-refractivity contribution in [3.05, 3.63) is 29.3 Å². The lowest BCUT2D eigenvalue weighted by molar-refractivity contribution is -0.137. The number of nitrogens with zero attached hydrogens (tertiary/aromatic N) is 1. The van der Waals surface area contributed by atoms with E-state index in [1.807, 2.05) is 20.8 Å². The first-order valence-corrected chi connectivity index (χ1v) is 6.46. The number of amides is 1. The Hall–Kier alpha value is -1.72. The molecule has 0 aliphatic carbocycles. The maximum absolute atomic E-state index is 12.7. The smallest absolute Gasteiger partial charge is 0.398 e. The van der Waals surface area contributed by atoms with Crippen molar-refractivity contribution in [2.24, 2.45) is 0 Å². The number of hydrogen-bond donors (Lipinski definition) is 1. The average Bonchev–Trinajstić information content (AvgIpc) is 2.34. The van der Waals surface area contributed by atoms with E-state index in [4.69, 9.17) is 5.73 Å². The van der Waals surface area contributed by atoms with Crippen LogP contribution in [0.25, 0.3) is 0 Å². The molecular weight excluding hydrogens is 269 g/mol. The molecule has 0 fully saturated rings. The number of halogens is 3. The minimum absolute atomic E-state index is 0.0600. The van der Waals surface area contributed by atoms with Crippen molar-refractivity contribution in [2.75, 3.05) is 12.3 Å². The summed E-state index contributed by atoms with van der Waals surface area (Å²) in [5.74, 6) is -0.467. The van der Waals surface area contributed by atoms with Crippen molar-refractivity contribution < 1.29 is 18.0 Å². The summed E-state index contributed by atoms with van der Waals surface area (Å²) in [4.78, 5) is 13.9. The largest absolute Gasteiger partial charge is 0.416 e. The number of carbonyl (C=O) groups excluding carboxylic acids is 1. The molecule has 0 saturated heterocycles. The molecular formula is C14H19F3N2O. The summed E-state index contributed by atoms with van der Waals surface area (Å²) in [5, 5.41) is 0. The molecule has 0 radical (unpaired) electrons. The van der Waals surface area contributed by atoms with E-state index in [1.54, 1.807) is 0 Å². The van der Waals surface area contributed by atoms with Gasteiger partial charge in [0, 0.05) is 18.3 Å². The quantitative estimate of drug-likeness (QED) is 0.861. The highest BCUT2D eigenvalue weighted by molar-refractivity contribution is 5.99.